The fourth-order valence-electron chi connectivity index (χ4n) is 2.91. The molecule has 2 aliphatic rings. The summed E-state index contributed by atoms with van der Waals surface area (Å²) in [6.45, 7) is 3.00. The molecule has 1 aromatic rings. The van der Waals surface area contributed by atoms with Crippen LogP contribution in [0.3, 0.4) is 0 Å². The highest BCUT2D eigenvalue weighted by Crippen LogP contribution is 2.47. The molecule has 3 atom stereocenters. The van der Waals surface area contributed by atoms with Crippen molar-refractivity contribution in [3.63, 3.8) is 0 Å². The van der Waals surface area contributed by atoms with Gasteiger partial charge in [-0.2, -0.15) is 0 Å². The van der Waals surface area contributed by atoms with Crippen molar-refractivity contribution in [3.8, 4) is 0 Å². The molecular formula is C13H16FNO. The largest absolute Gasteiger partial charge is 0.332 e. The van der Waals surface area contributed by atoms with E-state index in [1.807, 2.05) is 31.2 Å². The van der Waals surface area contributed by atoms with Crippen LogP contribution in [0.2, 0.25) is 0 Å². The van der Waals surface area contributed by atoms with Gasteiger partial charge in [0.1, 0.15) is 5.60 Å². The highest BCUT2D eigenvalue weighted by atomic mass is 19.1. The van der Waals surface area contributed by atoms with Crippen LogP contribution >= 0.6 is 0 Å². The Kier molecular flexibility index (Phi) is 2.26. The van der Waals surface area contributed by atoms with Crippen molar-refractivity contribution < 1.29 is 9.13 Å². The number of ether oxygens (including phenoxy) is 1. The Bertz CT molecular complexity index is 403. The van der Waals surface area contributed by atoms with E-state index in [1.165, 1.54) is 0 Å². The van der Waals surface area contributed by atoms with E-state index in [0.717, 1.165) is 24.9 Å². The van der Waals surface area contributed by atoms with E-state index in [2.05, 4.69) is 5.32 Å². The summed E-state index contributed by atoms with van der Waals surface area (Å²) >= 11 is 0. The molecule has 0 aromatic heterocycles. The Morgan fingerprint density at radius 1 is 1.44 bits per heavy atom. The quantitative estimate of drug-likeness (QED) is 0.787. The minimum Gasteiger partial charge on any atom is -0.332 e. The first-order chi connectivity index (χ1) is 7.72. The number of halogens is 1. The van der Waals surface area contributed by atoms with Crippen LogP contribution in [0.5, 0.6) is 0 Å². The first kappa shape index (κ1) is 10.2. The maximum absolute atomic E-state index is 13.8. The van der Waals surface area contributed by atoms with Crippen LogP contribution in [-0.4, -0.2) is 12.6 Å². The first-order valence-electron chi connectivity index (χ1n) is 5.86. The molecule has 3 rings (SSSR count). The zero-order chi connectivity index (χ0) is 11.2. The Morgan fingerprint density at radius 2 is 2.25 bits per heavy atom. The van der Waals surface area contributed by atoms with Crippen molar-refractivity contribution in [1.29, 1.82) is 0 Å². The number of hydrogen-bond acceptors (Lipinski definition) is 2. The zero-order valence-corrected chi connectivity index (χ0v) is 9.37. The summed E-state index contributed by atoms with van der Waals surface area (Å²) in [6, 6.07) is 7.85. The van der Waals surface area contributed by atoms with Crippen LogP contribution < -0.4 is 5.32 Å². The van der Waals surface area contributed by atoms with E-state index in [1.54, 1.807) is 0 Å². The summed E-state index contributed by atoms with van der Waals surface area (Å²) in [5, 5.41) is 3.41. The van der Waals surface area contributed by atoms with E-state index < -0.39 is 12.0 Å². The Balaban J connectivity index is 2.04. The maximum atomic E-state index is 13.8. The van der Waals surface area contributed by atoms with Gasteiger partial charge in [0.15, 0.2) is 0 Å². The molecule has 16 heavy (non-hydrogen) atoms. The molecule has 3 heteroatoms. The van der Waals surface area contributed by atoms with Gasteiger partial charge in [-0.1, -0.05) is 24.3 Å². The van der Waals surface area contributed by atoms with Gasteiger partial charge in [0.05, 0.1) is 0 Å². The average molecular weight is 221 g/mol. The van der Waals surface area contributed by atoms with Crippen LogP contribution in [0, 0.1) is 0 Å². The third-order valence-electron chi connectivity index (χ3n) is 3.81. The molecule has 0 bridgehead atoms. The molecule has 1 saturated heterocycles. The topological polar surface area (TPSA) is 21.3 Å². The number of nitrogens with one attached hydrogen (secondary N) is 1. The van der Waals surface area contributed by atoms with Crippen LogP contribution in [0.4, 0.5) is 4.39 Å². The molecular weight excluding hydrogens is 205 g/mol. The summed E-state index contributed by atoms with van der Waals surface area (Å²) in [6.07, 6.45) is 0.920. The lowest BCUT2D eigenvalue weighted by Gasteiger charge is -2.31. The van der Waals surface area contributed by atoms with Gasteiger partial charge in [-0.25, -0.2) is 4.39 Å². The van der Waals surface area contributed by atoms with Gasteiger partial charge in [-0.15, -0.1) is 0 Å². The molecule has 2 heterocycles. The molecule has 0 spiro atoms. The third kappa shape index (κ3) is 1.31. The van der Waals surface area contributed by atoms with Crippen molar-refractivity contribution in [2.75, 3.05) is 6.54 Å². The van der Waals surface area contributed by atoms with Crippen molar-refractivity contribution in [2.24, 2.45) is 0 Å². The summed E-state index contributed by atoms with van der Waals surface area (Å²) < 4.78 is 19.4. The normalized spacial score (nSPS) is 37.6. The Labute approximate surface area is 94.8 Å². The second-order valence-electron chi connectivity index (χ2n) is 4.78. The second-order valence-corrected chi connectivity index (χ2v) is 4.78. The van der Waals surface area contributed by atoms with E-state index in [0.29, 0.717) is 5.56 Å². The lowest BCUT2D eigenvalue weighted by atomic mass is 9.86. The summed E-state index contributed by atoms with van der Waals surface area (Å²) in [4.78, 5) is 0. The highest BCUT2D eigenvalue weighted by molar-refractivity contribution is 5.38. The molecule has 1 N–H and O–H groups in total. The van der Waals surface area contributed by atoms with Gasteiger partial charge in [-0.3, -0.25) is 0 Å². The van der Waals surface area contributed by atoms with Crippen molar-refractivity contribution in [2.45, 2.75) is 37.8 Å². The molecule has 0 aliphatic carbocycles. The molecule has 0 amide bonds. The van der Waals surface area contributed by atoms with E-state index >= 15 is 0 Å². The van der Waals surface area contributed by atoms with Gasteiger partial charge in [0, 0.05) is 11.6 Å². The second kappa shape index (κ2) is 3.54. The van der Waals surface area contributed by atoms with Gasteiger partial charge >= 0.3 is 0 Å². The summed E-state index contributed by atoms with van der Waals surface area (Å²) in [5.41, 5.74) is 1.19. The van der Waals surface area contributed by atoms with E-state index in [4.69, 9.17) is 4.74 Å². The molecule has 0 radical (unpaired) electrons. The molecule has 1 aromatic carbocycles. The van der Waals surface area contributed by atoms with Crippen LogP contribution in [0.15, 0.2) is 24.3 Å². The molecule has 0 saturated carbocycles. The van der Waals surface area contributed by atoms with E-state index in [9.17, 15) is 4.39 Å². The Hall–Kier alpha value is -0.930. The minimum absolute atomic E-state index is 0.231. The predicted octanol–water partition coefficient (Wildman–Crippen LogP) is 2.65. The van der Waals surface area contributed by atoms with E-state index in [-0.39, 0.29) is 6.04 Å². The molecule has 2 nitrogen and oxygen atoms in total. The maximum Gasteiger partial charge on any atom is 0.226 e. The number of rotatable bonds is 1. The van der Waals surface area contributed by atoms with Crippen LogP contribution in [0.1, 0.15) is 37.3 Å². The van der Waals surface area contributed by atoms with Crippen molar-refractivity contribution in [3.05, 3.63) is 35.4 Å². The molecule has 86 valence electrons. The van der Waals surface area contributed by atoms with Gasteiger partial charge < -0.3 is 10.1 Å². The fourth-order valence-corrected chi connectivity index (χ4v) is 2.91. The number of hydrogen-bond donors (Lipinski definition) is 1. The van der Waals surface area contributed by atoms with Crippen LogP contribution in [0.25, 0.3) is 0 Å². The Morgan fingerprint density at radius 3 is 3.00 bits per heavy atom. The standard InChI is InChI=1S/C13H16FNO/c1-13(11-7-4-8-15-11)10-6-3-2-5-9(10)12(14)16-13/h2-3,5-6,11-12,15H,4,7-8H2,1H3/t11?,12?,13-/m0/s1. The minimum atomic E-state index is -1.27. The molecule has 2 aliphatic heterocycles. The van der Waals surface area contributed by atoms with Crippen molar-refractivity contribution in [1.82, 2.24) is 5.32 Å². The fraction of sp³-hybridized carbons (Fsp3) is 0.538. The highest BCUT2D eigenvalue weighted by Gasteiger charge is 2.47. The monoisotopic (exact) mass is 221 g/mol. The van der Waals surface area contributed by atoms with Gasteiger partial charge in [0.25, 0.3) is 0 Å². The first-order valence-corrected chi connectivity index (χ1v) is 5.86. The number of fused-ring (bicyclic) bond motifs is 1. The average Bonchev–Trinajstić information content (AvgIpc) is 2.89. The number of alkyl halides is 1. The third-order valence-corrected chi connectivity index (χ3v) is 3.81. The lowest BCUT2D eigenvalue weighted by molar-refractivity contribution is -0.137. The SMILES string of the molecule is C[C@]1(C2CCCN2)OC(F)c2ccccc21. The molecule has 2 unspecified atom stereocenters. The zero-order valence-electron chi connectivity index (χ0n) is 9.37. The lowest BCUT2D eigenvalue weighted by Crippen LogP contribution is -2.42. The van der Waals surface area contributed by atoms with Crippen LogP contribution in [-0.2, 0) is 10.3 Å². The summed E-state index contributed by atoms with van der Waals surface area (Å²) in [5.74, 6) is 0. The predicted molar refractivity (Wildman–Crippen MR) is 59.8 cm³/mol. The molecule has 1 fully saturated rings. The smallest absolute Gasteiger partial charge is 0.226 e. The van der Waals surface area contributed by atoms with Gasteiger partial charge in [-0.05, 0) is 31.9 Å². The number of benzene rings is 1. The van der Waals surface area contributed by atoms with Crippen molar-refractivity contribution >= 4 is 0 Å². The van der Waals surface area contributed by atoms with Gasteiger partial charge in [0.2, 0.25) is 6.36 Å². The summed E-state index contributed by atoms with van der Waals surface area (Å²) in [7, 11) is 0.